The topological polar surface area (TPSA) is 86.1 Å². The zero-order valence-electron chi connectivity index (χ0n) is 13.0. The van der Waals surface area contributed by atoms with E-state index in [0.717, 1.165) is 11.3 Å². The monoisotopic (exact) mass is 342 g/mol. The smallest absolute Gasteiger partial charge is 0.341 e. The molecule has 1 rings (SSSR count). The van der Waals surface area contributed by atoms with Crippen LogP contribution in [0.5, 0.6) is 0 Å². The molecule has 0 unspecified atom stereocenters. The van der Waals surface area contributed by atoms with Gasteiger partial charge in [0.15, 0.2) is 10.2 Å². The maximum atomic E-state index is 12.5. The molecule has 1 aromatic rings. The Morgan fingerprint density at radius 3 is 2.36 bits per heavy atom. The number of carbonyl (C=O) groups is 2. The van der Waals surface area contributed by atoms with Crippen molar-refractivity contribution in [1.29, 1.82) is 0 Å². The van der Waals surface area contributed by atoms with Crippen LogP contribution in [0.15, 0.2) is 21.1 Å². The number of aromatic nitrogens is 1. The molecule has 0 atom stereocenters. The molecule has 0 aromatic carbocycles. The quantitative estimate of drug-likeness (QED) is 0.154. The summed E-state index contributed by atoms with van der Waals surface area (Å²) in [6.07, 6.45) is 4.63. The molecular formula is C13H18N4O3S2. The van der Waals surface area contributed by atoms with Crippen LogP contribution in [-0.2, 0) is 4.79 Å². The molecule has 120 valence electrons. The lowest BCUT2D eigenvalue weighted by molar-refractivity contribution is -0.132. The number of thioether (sulfide) groups is 1. The van der Waals surface area contributed by atoms with Gasteiger partial charge in [0.1, 0.15) is 10.5 Å². The van der Waals surface area contributed by atoms with Crippen LogP contribution >= 0.6 is 23.1 Å². The summed E-state index contributed by atoms with van der Waals surface area (Å²) in [4.78, 5) is 35.7. The number of carboxylic acids is 1. The Labute approximate surface area is 137 Å². The molecule has 0 bridgehead atoms. The Hall–Kier alpha value is -1.87. The Morgan fingerprint density at radius 2 is 1.91 bits per heavy atom. The third kappa shape index (κ3) is 4.85. The first-order chi connectivity index (χ1) is 10.3. The highest BCUT2D eigenvalue weighted by Gasteiger charge is 2.25. The predicted molar refractivity (Wildman–Crippen MR) is 89.5 cm³/mol. The fourth-order valence-electron chi connectivity index (χ4n) is 1.38. The highest BCUT2D eigenvalue weighted by Crippen LogP contribution is 2.32. The van der Waals surface area contributed by atoms with Crippen molar-refractivity contribution in [2.24, 2.45) is 4.99 Å². The van der Waals surface area contributed by atoms with Gasteiger partial charge in [-0.3, -0.25) is 4.79 Å². The Kier molecular flexibility index (Phi) is 6.57. The highest BCUT2D eigenvalue weighted by molar-refractivity contribution is 8.00. The molecule has 0 spiro atoms. The van der Waals surface area contributed by atoms with Crippen LogP contribution in [-0.4, -0.2) is 72.4 Å². The maximum absolute atomic E-state index is 12.5. The summed E-state index contributed by atoms with van der Waals surface area (Å²) in [6, 6.07) is 0. The van der Waals surface area contributed by atoms with Gasteiger partial charge in [0.2, 0.25) is 5.78 Å². The lowest BCUT2D eigenvalue weighted by atomic mass is 10.1. The Morgan fingerprint density at radius 1 is 1.27 bits per heavy atom. The van der Waals surface area contributed by atoms with Crippen LogP contribution in [0.4, 0.5) is 5.82 Å². The summed E-state index contributed by atoms with van der Waals surface area (Å²) >= 11 is 2.52. The molecule has 0 fully saturated rings. The number of rotatable bonds is 7. The van der Waals surface area contributed by atoms with Gasteiger partial charge in [-0.25, -0.2) is 14.8 Å². The normalized spacial score (nSPS) is 11.8. The Bertz CT molecular complexity index is 621. The molecule has 0 saturated heterocycles. The van der Waals surface area contributed by atoms with Crippen molar-refractivity contribution in [1.82, 2.24) is 14.8 Å². The van der Waals surface area contributed by atoms with Crippen molar-refractivity contribution >= 4 is 47.0 Å². The molecule has 0 radical (unpaired) electrons. The van der Waals surface area contributed by atoms with E-state index >= 15 is 0 Å². The van der Waals surface area contributed by atoms with E-state index in [9.17, 15) is 14.7 Å². The molecular weight excluding hydrogens is 324 g/mol. The Balaban J connectivity index is 3.31. The van der Waals surface area contributed by atoms with Crippen LogP contribution < -0.4 is 0 Å². The maximum Gasteiger partial charge on any atom is 0.341 e. The molecule has 0 amide bonds. The van der Waals surface area contributed by atoms with Crippen LogP contribution in [0, 0.1) is 0 Å². The molecule has 0 aliphatic carbocycles. The van der Waals surface area contributed by atoms with Gasteiger partial charge in [0, 0.05) is 34.4 Å². The van der Waals surface area contributed by atoms with E-state index in [2.05, 4.69) is 9.98 Å². The molecule has 7 nitrogen and oxygen atoms in total. The summed E-state index contributed by atoms with van der Waals surface area (Å²) in [7, 11) is 6.89. The minimum atomic E-state index is -1.28. The zero-order valence-corrected chi connectivity index (χ0v) is 14.7. The molecule has 1 aromatic heterocycles. The summed E-state index contributed by atoms with van der Waals surface area (Å²) in [5, 5.41) is 9.24. The van der Waals surface area contributed by atoms with E-state index in [-0.39, 0.29) is 16.3 Å². The number of Topliss-reactive ketones (excluding diaryl/α,β-unsaturated/α-hetero) is 1. The summed E-state index contributed by atoms with van der Waals surface area (Å²) in [6.45, 7) is 0. The third-order valence-corrected chi connectivity index (χ3v) is 4.27. The van der Waals surface area contributed by atoms with Crippen molar-refractivity contribution in [2.45, 2.75) is 4.34 Å². The number of carboxylic acid groups (broad SMARTS) is 1. The minimum absolute atomic E-state index is 0.220. The first-order valence-electron chi connectivity index (χ1n) is 6.18. The number of nitrogens with zero attached hydrogens (tertiary/aromatic N) is 4. The predicted octanol–water partition coefficient (Wildman–Crippen LogP) is 1.80. The molecule has 22 heavy (non-hydrogen) atoms. The molecule has 0 aliphatic rings. The van der Waals surface area contributed by atoms with Gasteiger partial charge in [0.25, 0.3) is 0 Å². The van der Waals surface area contributed by atoms with Crippen molar-refractivity contribution < 1.29 is 14.7 Å². The highest BCUT2D eigenvalue weighted by atomic mass is 32.2. The fourth-order valence-corrected chi connectivity index (χ4v) is 2.84. The van der Waals surface area contributed by atoms with Crippen molar-refractivity contribution in [3.05, 3.63) is 16.7 Å². The van der Waals surface area contributed by atoms with E-state index < -0.39 is 11.8 Å². The first kappa shape index (κ1) is 18.2. The lowest BCUT2D eigenvalue weighted by Gasteiger charge is -2.07. The zero-order chi connectivity index (χ0) is 16.9. The van der Waals surface area contributed by atoms with Gasteiger partial charge in [-0.15, -0.1) is 11.3 Å². The standard InChI is InChI=1S/C13H18N4O3S2/c1-16(2)6-8(12(19)20)9(18)10-11(14-7-17(3)4)15-13(21-5)22-10/h6-7H,1-5H3,(H,19,20)/b8-6-,14-7?. The number of aliphatic carboxylic acids is 1. The fraction of sp³-hybridized carbons (Fsp3) is 0.385. The second-order valence-corrected chi connectivity index (χ2v) is 6.74. The number of hydrogen-bond acceptors (Lipinski definition) is 7. The van der Waals surface area contributed by atoms with E-state index in [1.54, 1.807) is 33.1 Å². The van der Waals surface area contributed by atoms with Crippen molar-refractivity contribution in [2.75, 3.05) is 34.4 Å². The average molecular weight is 342 g/mol. The molecule has 1 heterocycles. The van der Waals surface area contributed by atoms with E-state index in [1.165, 1.54) is 29.2 Å². The van der Waals surface area contributed by atoms with Gasteiger partial charge in [-0.2, -0.15) is 0 Å². The van der Waals surface area contributed by atoms with Gasteiger partial charge >= 0.3 is 5.97 Å². The van der Waals surface area contributed by atoms with Gasteiger partial charge in [0.05, 0.1) is 6.34 Å². The number of hydrogen-bond donors (Lipinski definition) is 1. The van der Waals surface area contributed by atoms with Crippen LogP contribution in [0.25, 0.3) is 0 Å². The lowest BCUT2D eigenvalue weighted by Crippen LogP contribution is -2.16. The number of thiazole rings is 1. The molecule has 9 heteroatoms. The largest absolute Gasteiger partial charge is 0.477 e. The summed E-state index contributed by atoms with van der Waals surface area (Å²) < 4.78 is 0.656. The second kappa shape index (κ2) is 7.95. The number of carbonyl (C=O) groups excluding carboxylic acids is 1. The SMILES string of the molecule is CSc1nc(N=CN(C)C)c(C(=O)/C(=C/N(C)C)C(=O)O)s1. The first-order valence-corrected chi connectivity index (χ1v) is 8.22. The van der Waals surface area contributed by atoms with E-state index in [0.29, 0.717) is 4.34 Å². The number of ketones is 1. The van der Waals surface area contributed by atoms with Crippen LogP contribution in [0.3, 0.4) is 0 Å². The molecule has 1 N–H and O–H groups in total. The van der Waals surface area contributed by atoms with E-state index in [4.69, 9.17) is 0 Å². The molecule has 0 saturated carbocycles. The molecule has 0 aliphatic heterocycles. The number of aliphatic imine (C=N–C) groups is 1. The van der Waals surface area contributed by atoms with Crippen molar-refractivity contribution in [3.63, 3.8) is 0 Å². The van der Waals surface area contributed by atoms with Crippen molar-refractivity contribution in [3.8, 4) is 0 Å². The van der Waals surface area contributed by atoms with Crippen LogP contribution in [0.1, 0.15) is 9.67 Å². The average Bonchev–Trinajstić information content (AvgIpc) is 2.84. The van der Waals surface area contributed by atoms with Gasteiger partial charge < -0.3 is 14.9 Å². The van der Waals surface area contributed by atoms with Gasteiger partial charge in [-0.1, -0.05) is 11.8 Å². The summed E-state index contributed by atoms with van der Waals surface area (Å²) in [5.74, 6) is -1.63. The minimum Gasteiger partial charge on any atom is -0.477 e. The van der Waals surface area contributed by atoms with Crippen LogP contribution in [0.2, 0.25) is 0 Å². The van der Waals surface area contributed by atoms with E-state index in [1.807, 2.05) is 6.26 Å². The third-order valence-electron chi connectivity index (χ3n) is 2.24. The second-order valence-electron chi connectivity index (χ2n) is 4.69. The van der Waals surface area contributed by atoms with Gasteiger partial charge in [-0.05, 0) is 6.26 Å². The summed E-state index contributed by atoms with van der Waals surface area (Å²) in [5.41, 5.74) is -0.317.